The Morgan fingerprint density at radius 2 is 1.88 bits per heavy atom. The second-order valence-corrected chi connectivity index (χ2v) is 7.80. The van der Waals surface area contributed by atoms with Crippen LogP contribution in [-0.2, 0) is 4.79 Å². The predicted molar refractivity (Wildman–Crippen MR) is 97.9 cm³/mol. The van der Waals surface area contributed by atoms with Crippen LogP contribution in [0, 0.1) is 16.7 Å². The van der Waals surface area contributed by atoms with Crippen molar-refractivity contribution in [2.24, 2.45) is 16.7 Å². The molecule has 2 aliphatic rings. The van der Waals surface area contributed by atoms with E-state index in [0.29, 0.717) is 29.6 Å². The molecule has 0 radical (unpaired) electrons. The van der Waals surface area contributed by atoms with Gasteiger partial charge in [-0.05, 0) is 49.3 Å². The lowest BCUT2D eigenvalue weighted by Gasteiger charge is -2.32. The number of carbonyl (C=O) groups excluding carboxylic acids is 1. The molecule has 1 aromatic carbocycles. The zero-order valence-corrected chi connectivity index (χ0v) is 15.4. The number of hydrogen-bond acceptors (Lipinski definition) is 4. The van der Waals surface area contributed by atoms with Gasteiger partial charge in [0.2, 0.25) is 0 Å². The molecule has 1 aromatic heterocycles. The average Bonchev–Trinajstić information content (AvgIpc) is 2.88. The van der Waals surface area contributed by atoms with Crippen molar-refractivity contribution in [2.75, 3.05) is 6.61 Å². The molecule has 4 rings (SSSR count). The molecule has 2 bridgehead atoms. The molecule has 2 aliphatic carbocycles. The molecule has 0 N–H and O–H groups in total. The molecule has 2 fully saturated rings. The molecule has 4 heteroatoms. The van der Waals surface area contributed by atoms with Gasteiger partial charge >= 0.3 is 5.63 Å². The maximum atomic E-state index is 11.6. The molecule has 0 spiro atoms. The summed E-state index contributed by atoms with van der Waals surface area (Å²) in [7, 11) is 0. The van der Waals surface area contributed by atoms with E-state index in [9.17, 15) is 9.59 Å². The van der Waals surface area contributed by atoms with Gasteiger partial charge in [-0.1, -0.05) is 20.8 Å². The van der Waals surface area contributed by atoms with Crippen LogP contribution in [0.2, 0.25) is 0 Å². The number of ether oxygens (including phenoxy) is 1. The van der Waals surface area contributed by atoms with E-state index in [4.69, 9.17) is 9.15 Å². The summed E-state index contributed by atoms with van der Waals surface area (Å²) in [4.78, 5) is 22.5. The smallest absolute Gasteiger partial charge is 0.336 e. The van der Waals surface area contributed by atoms with Crippen LogP contribution in [0.1, 0.15) is 47.0 Å². The minimum Gasteiger partial charge on any atom is -0.494 e. The average molecular weight is 342 g/mol. The van der Waals surface area contributed by atoms with Crippen molar-refractivity contribution in [2.45, 2.75) is 47.0 Å². The summed E-state index contributed by atoms with van der Waals surface area (Å²) in [6.45, 7) is 9.18. The highest BCUT2D eigenvalue weighted by Crippen LogP contribution is 2.63. The van der Waals surface area contributed by atoms with E-state index in [1.807, 2.05) is 19.1 Å². The van der Waals surface area contributed by atoms with E-state index < -0.39 is 0 Å². The van der Waals surface area contributed by atoms with Crippen molar-refractivity contribution < 1.29 is 13.9 Å². The third-order valence-corrected chi connectivity index (χ3v) is 6.39. The van der Waals surface area contributed by atoms with Gasteiger partial charge in [0.25, 0.3) is 0 Å². The van der Waals surface area contributed by atoms with Gasteiger partial charge in [-0.3, -0.25) is 4.79 Å². The third kappa shape index (κ3) is 2.99. The summed E-state index contributed by atoms with van der Waals surface area (Å²) in [6.07, 6.45) is 3.25. The number of ketones is 1. The van der Waals surface area contributed by atoms with Gasteiger partial charge in [0.15, 0.2) is 0 Å². The van der Waals surface area contributed by atoms with E-state index >= 15 is 0 Å². The molecule has 2 atom stereocenters. The van der Waals surface area contributed by atoms with Gasteiger partial charge < -0.3 is 9.15 Å². The summed E-state index contributed by atoms with van der Waals surface area (Å²) in [5.74, 6) is 1.91. The molecule has 0 aliphatic heterocycles. The van der Waals surface area contributed by atoms with Crippen LogP contribution in [0.3, 0.4) is 0 Å². The Morgan fingerprint density at radius 3 is 2.40 bits per heavy atom. The lowest BCUT2D eigenvalue weighted by Crippen LogP contribution is -2.32. The number of rotatable bonds is 2. The molecule has 2 saturated carbocycles. The van der Waals surface area contributed by atoms with E-state index in [1.165, 1.54) is 12.5 Å². The highest BCUT2D eigenvalue weighted by Gasteiger charge is 2.61. The maximum Gasteiger partial charge on any atom is 0.336 e. The maximum absolute atomic E-state index is 11.6. The minimum absolute atomic E-state index is 0.0255. The highest BCUT2D eigenvalue weighted by molar-refractivity contribution is 5.89. The number of carbonyl (C=O) groups is 1. The van der Waals surface area contributed by atoms with Gasteiger partial charge in [-0.2, -0.15) is 0 Å². The number of fused-ring (bicyclic) bond motifs is 3. The summed E-state index contributed by atoms with van der Waals surface area (Å²) in [6, 6.07) is 8.58. The van der Waals surface area contributed by atoms with E-state index in [1.54, 1.807) is 12.1 Å². The first kappa shape index (κ1) is 17.7. The quantitative estimate of drug-likeness (QED) is 0.749. The van der Waals surface area contributed by atoms with Crippen LogP contribution in [0.5, 0.6) is 5.75 Å². The molecule has 2 aromatic rings. The molecular weight excluding hydrogens is 316 g/mol. The molecule has 1 heterocycles. The SMILES string of the molecule is CC12CCC(CC1=O)C2(C)C.CCOc1ccc2ccc(=O)oc2c1. The van der Waals surface area contributed by atoms with Crippen molar-refractivity contribution in [3.63, 3.8) is 0 Å². The second kappa shape index (κ2) is 6.32. The standard InChI is InChI=1S/C11H10O3.C10H16O/c1-2-13-9-5-3-8-4-6-11(12)14-10(8)7-9;1-9(2)7-4-5-10(9,3)8(11)6-7/h3-7H,2H2,1H3;7H,4-6H2,1-3H3. The van der Waals surface area contributed by atoms with E-state index in [2.05, 4.69) is 20.8 Å². The van der Waals surface area contributed by atoms with Gasteiger partial charge in [-0.25, -0.2) is 4.79 Å². The Kier molecular flexibility index (Phi) is 4.48. The third-order valence-electron chi connectivity index (χ3n) is 6.39. The van der Waals surface area contributed by atoms with Gasteiger partial charge in [0, 0.05) is 29.4 Å². The molecule has 4 nitrogen and oxygen atoms in total. The van der Waals surface area contributed by atoms with Gasteiger partial charge in [0.05, 0.1) is 6.61 Å². The zero-order chi connectivity index (χ0) is 18.2. The zero-order valence-electron chi connectivity index (χ0n) is 15.4. The van der Waals surface area contributed by atoms with Gasteiger partial charge in [-0.15, -0.1) is 0 Å². The molecule has 0 amide bonds. The van der Waals surface area contributed by atoms with Crippen LogP contribution in [0.25, 0.3) is 11.0 Å². The molecule has 25 heavy (non-hydrogen) atoms. The van der Waals surface area contributed by atoms with Crippen molar-refractivity contribution >= 4 is 16.8 Å². The molecular formula is C21H26O4. The first-order valence-corrected chi connectivity index (χ1v) is 8.98. The number of Topliss-reactive ketones (excluding diaryl/α,β-unsaturated/α-hetero) is 1. The summed E-state index contributed by atoms with van der Waals surface area (Å²) >= 11 is 0. The fourth-order valence-electron chi connectivity index (χ4n) is 4.20. The van der Waals surface area contributed by atoms with Gasteiger partial charge in [0.1, 0.15) is 17.1 Å². The highest BCUT2D eigenvalue weighted by atomic mass is 16.5. The fraction of sp³-hybridized carbons (Fsp3) is 0.524. The van der Waals surface area contributed by atoms with Crippen molar-refractivity contribution in [3.05, 3.63) is 40.8 Å². The largest absolute Gasteiger partial charge is 0.494 e. The number of benzene rings is 1. The topological polar surface area (TPSA) is 56.5 Å². The van der Waals surface area contributed by atoms with E-state index in [-0.39, 0.29) is 16.5 Å². The minimum atomic E-state index is -0.342. The summed E-state index contributed by atoms with van der Waals surface area (Å²) in [5, 5.41) is 0.896. The van der Waals surface area contributed by atoms with Crippen LogP contribution in [0.15, 0.2) is 39.5 Å². The Labute approximate surface area is 148 Å². The lowest BCUT2D eigenvalue weighted by atomic mass is 9.70. The first-order chi connectivity index (χ1) is 11.8. The van der Waals surface area contributed by atoms with Crippen LogP contribution in [-0.4, -0.2) is 12.4 Å². The number of hydrogen-bond donors (Lipinski definition) is 0. The lowest BCUT2D eigenvalue weighted by molar-refractivity contribution is -0.128. The normalized spacial score (nSPS) is 26.4. The van der Waals surface area contributed by atoms with Crippen LogP contribution in [0.4, 0.5) is 0 Å². The molecule has 134 valence electrons. The van der Waals surface area contributed by atoms with Crippen LogP contribution >= 0.6 is 0 Å². The Hall–Kier alpha value is -2.10. The Morgan fingerprint density at radius 1 is 1.16 bits per heavy atom. The Bertz CT molecular complexity index is 848. The van der Waals surface area contributed by atoms with Crippen molar-refractivity contribution in [1.82, 2.24) is 0 Å². The monoisotopic (exact) mass is 342 g/mol. The predicted octanol–water partition coefficient (Wildman–Crippen LogP) is 4.59. The summed E-state index contributed by atoms with van der Waals surface area (Å²) in [5.41, 5.74) is 0.525. The van der Waals surface area contributed by atoms with Crippen LogP contribution < -0.4 is 10.4 Å². The first-order valence-electron chi connectivity index (χ1n) is 8.98. The molecule has 2 unspecified atom stereocenters. The summed E-state index contributed by atoms with van der Waals surface area (Å²) < 4.78 is 10.3. The van der Waals surface area contributed by atoms with E-state index in [0.717, 1.165) is 18.2 Å². The van der Waals surface area contributed by atoms with Crippen molar-refractivity contribution in [1.29, 1.82) is 0 Å². The molecule has 0 saturated heterocycles. The Balaban J connectivity index is 0.000000150. The fourth-order valence-corrected chi connectivity index (χ4v) is 4.20. The van der Waals surface area contributed by atoms with Crippen molar-refractivity contribution in [3.8, 4) is 5.75 Å². The second-order valence-electron chi connectivity index (χ2n) is 7.80.